The summed E-state index contributed by atoms with van der Waals surface area (Å²) in [5.41, 5.74) is 0.720. The summed E-state index contributed by atoms with van der Waals surface area (Å²) in [4.78, 5) is 36.3. The summed E-state index contributed by atoms with van der Waals surface area (Å²) >= 11 is 0. The van der Waals surface area contributed by atoms with E-state index in [0.29, 0.717) is 17.8 Å². The van der Waals surface area contributed by atoms with E-state index in [9.17, 15) is 4.79 Å². The van der Waals surface area contributed by atoms with E-state index < -0.39 is 11.9 Å². The molecule has 3 aliphatic heterocycles. The maximum atomic E-state index is 13.3. The Bertz CT molecular complexity index is 1080. The maximum absolute atomic E-state index is 13.3. The second-order valence-corrected chi connectivity index (χ2v) is 11.6. The second-order valence-electron chi connectivity index (χ2n) is 11.6. The molecule has 2 N–H and O–H groups in total. The van der Waals surface area contributed by atoms with Crippen molar-refractivity contribution < 1.29 is 38.8 Å². The molecule has 1 spiro atoms. The molecule has 5 aliphatic rings. The van der Waals surface area contributed by atoms with Gasteiger partial charge in [0, 0.05) is 44.6 Å². The highest BCUT2D eigenvalue weighted by atomic mass is 16.7. The third-order valence-corrected chi connectivity index (χ3v) is 9.53. The van der Waals surface area contributed by atoms with Crippen molar-refractivity contribution in [3.05, 3.63) is 24.3 Å². The standard InChI is InChI=1S/C26H36N2O4.C2H2O4/c1-17-8-9-20-18(23(29)31-26(20)19(17)10-11-25(2)24(26)32-25)16-27-12-14-28(15-13-27)21-6-4-5-7-22(21)30-3;3-1(4)2(5)6/h4-7,17-20,24H,8-16H2,1-3H3;(H,3,4)(H,5,6)/t17-,18?,19+,20+,24-,25-,26-;/m1./s1. The van der Waals surface area contributed by atoms with Crippen LogP contribution in [-0.4, -0.2) is 90.2 Å². The number of fused-ring (bicyclic) bond motifs is 1. The molecule has 10 nitrogen and oxygen atoms in total. The van der Waals surface area contributed by atoms with Crippen molar-refractivity contribution >= 4 is 23.6 Å². The van der Waals surface area contributed by atoms with Crippen LogP contribution in [0, 0.1) is 23.7 Å². The number of carbonyl (C=O) groups is 3. The zero-order valence-electron chi connectivity index (χ0n) is 22.3. The average Bonchev–Trinajstić information content (AvgIpc) is 3.53. The molecule has 10 heteroatoms. The molecule has 3 heterocycles. The van der Waals surface area contributed by atoms with Crippen molar-refractivity contribution in [2.45, 2.75) is 56.8 Å². The van der Waals surface area contributed by atoms with Crippen LogP contribution in [0.4, 0.5) is 5.69 Å². The highest BCUT2D eigenvalue weighted by molar-refractivity contribution is 6.27. The van der Waals surface area contributed by atoms with E-state index in [2.05, 4.69) is 35.8 Å². The highest BCUT2D eigenvalue weighted by Gasteiger charge is 2.77. The summed E-state index contributed by atoms with van der Waals surface area (Å²) in [6.45, 7) is 9.19. The van der Waals surface area contributed by atoms with Crippen LogP contribution in [-0.2, 0) is 23.9 Å². The van der Waals surface area contributed by atoms with Crippen molar-refractivity contribution in [3.8, 4) is 5.75 Å². The number of hydrogen-bond donors (Lipinski definition) is 2. The van der Waals surface area contributed by atoms with Crippen LogP contribution in [0.15, 0.2) is 24.3 Å². The van der Waals surface area contributed by atoms with Crippen molar-refractivity contribution in [2.75, 3.05) is 44.7 Å². The fraction of sp³-hybridized carbons (Fsp3) is 0.679. The second kappa shape index (κ2) is 10.0. The Morgan fingerprint density at radius 2 is 1.74 bits per heavy atom. The van der Waals surface area contributed by atoms with E-state index in [1.165, 1.54) is 6.42 Å². The van der Waals surface area contributed by atoms with Crippen LogP contribution < -0.4 is 9.64 Å². The van der Waals surface area contributed by atoms with E-state index in [4.69, 9.17) is 34.0 Å². The topological polar surface area (TPSA) is 129 Å². The number of hydrogen-bond acceptors (Lipinski definition) is 8. The van der Waals surface area contributed by atoms with Crippen LogP contribution >= 0.6 is 0 Å². The van der Waals surface area contributed by atoms with Crippen LogP contribution in [0.2, 0.25) is 0 Å². The Labute approximate surface area is 222 Å². The molecule has 38 heavy (non-hydrogen) atoms. The van der Waals surface area contributed by atoms with Crippen LogP contribution in [0.5, 0.6) is 5.75 Å². The lowest BCUT2D eigenvalue weighted by molar-refractivity contribution is -0.168. The summed E-state index contributed by atoms with van der Waals surface area (Å²) in [5, 5.41) is 14.8. The van der Waals surface area contributed by atoms with Gasteiger partial charge in [0.15, 0.2) is 0 Å². The summed E-state index contributed by atoms with van der Waals surface area (Å²) < 4.78 is 18.2. The van der Waals surface area contributed by atoms with Gasteiger partial charge in [0.25, 0.3) is 0 Å². The number of anilines is 1. The molecule has 2 aliphatic carbocycles. The number of esters is 1. The van der Waals surface area contributed by atoms with Gasteiger partial charge >= 0.3 is 17.9 Å². The largest absolute Gasteiger partial charge is 0.495 e. The maximum Gasteiger partial charge on any atom is 0.414 e. The number of ether oxygens (including phenoxy) is 3. The molecular formula is C28H38N2O8. The molecule has 2 saturated carbocycles. The zero-order chi connectivity index (χ0) is 27.2. The number of methoxy groups -OCH3 is 1. The molecule has 7 atom stereocenters. The van der Waals surface area contributed by atoms with Crippen molar-refractivity contribution in [1.82, 2.24) is 4.90 Å². The van der Waals surface area contributed by atoms with E-state index in [0.717, 1.165) is 63.4 Å². The Balaban J connectivity index is 0.000000443. The summed E-state index contributed by atoms with van der Waals surface area (Å²) in [5.74, 6) is -1.35. The number of aliphatic carboxylic acids is 2. The van der Waals surface area contributed by atoms with Gasteiger partial charge in [-0.1, -0.05) is 19.1 Å². The molecule has 1 aromatic rings. The zero-order valence-corrected chi connectivity index (χ0v) is 22.3. The molecule has 208 valence electrons. The van der Waals surface area contributed by atoms with Crippen LogP contribution in [0.3, 0.4) is 0 Å². The monoisotopic (exact) mass is 530 g/mol. The number of benzene rings is 1. The lowest BCUT2D eigenvalue weighted by Gasteiger charge is -2.50. The van der Waals surface area contributed by atoms with Gasteiger partial charge < -0.3 is 29.3 Å². The normalized spacial score (nSPS) is 37.5. The van der Waals surface area contributed by atoms with Crippen molar-refractivity contribution in [2.24, 2.45) is 23.7 Å². The van der Waals surface area contributed by atoms with Crippen LogP contribution in [0.1, 0.15) is 39.5 Å². The summed E-state index contributed by atoms with van der Waals surface area (Å²) in [6, 6.07) is 8.23. The number of para-hydroxylation sites is 2. The number of carboxylic acids is 2. The predicted molar refractivity (Wildman–Crippen MR) is 137 cm³/mol. The smallest absolute Gasteiger partial charge is 0.414 e. The predicted octanol–water partition coefficient (Wildman–Crippen LogP) is 2.50. The molecule has 0 amide bonds. The SMILES string of the molecule is COc1ccccc1N1CCN(CC2C(=O)O[C@@]34[C@H]2CC[C@@H](C)[C@@H]3CC[C@@]2(C)O[C@@H]42)CC1.O=C(O)C(=O)O. The minimum Gasteiger partial charge on any atom is -0.495 e. The summed E-state index contributed by atoms with van der Waals surface area (Å²) in [6.07, 6.45) is 4.63. The first-order valence-electron chi connectivity index (χ1n) is 13.6. The first-order chi connectivity index (χ1) is 18.1. The minimum absolute atomic E-state index is 0.0191. The first kappa shape index (κ1) is 26.7. The minimum atomic E-state index is -1.82. The van der Waals surface area contributed by atoms with Gasteiger partial charge in [0.1, 0.15) is 17.5 Å². The number of carbonyl (C=O) groups excluding carboxylic acids is 1. The van der Waals surface area contributed by atoms with Crippen molar-refractivity contribution in [3.63, 3.8) is 0 Å². The Morgan fingerprint density at radius 3 is 2.39 bits per heavy atom. The number of nitrogens with zero attached hydrogens (tertiary/aromatic N) is 2. The Morgan fingerprint density at radius 1 is 1.05 bits per heavy atom. The Hall–Kier alpha value is -2.85. The van der Waals surface area contributed by atoms with E-state index in [1.54, 1.807) is 7.11 Å². The van der Waals surface area contributed by atoms with Gasteiger partial charge in [-0.25, -0.2) is 9.59 Å². The molecule has 0 aromatic heterocycles. The van der Waals surface area contributed by atoms with Gasteiger partial charge in [-0.15, -0.1) is 0 Å². The summed E-state index contributed by atoms with van der Waals surface area (Å²) in [7, 11) is 1.73. The van der Waals surface area contributed by atoms with Gasteiger partial charge in [0.2, 0.25) is 0 Å². The average molecular weight is 531 g/mol. The molecule has 6 rings (SSSR count). The molecular weight excluding hydrogens is 492 g/mol. The molecule has 0 bridgehead atoms. The fourth-order valence-electron chi connectivity index (χ4n) is 7.60. The molecule has 5 fully saturated rings. The van der Waals surface area contributed by atoms with Crippen molar-refractivity contribution in [1.29, 1.82) is 0 Å². The van der Waals surface area contributed by atoms with Gasteiger partial charge in [-0.3, -0.25) is 9.69 Å². The van der Waals surface area contributed by atoms with E-state index in [-0.39, 0.29) is 29.2 Å². The number of epoxide rings is 1. The Kier molecular flexibility index (Phi) is 7.06. The molecule has 1 aromatic carbocycles. The third kappa shape index (κ3) is 4.51. The van der Waals surface area contributed by atoms with Gasteiger partial charge in [0.05, 0.1) is 24.3 Å². The highest BCUT2D eigenvalue weighted by Crippen LogP contribution is 2.66. The lowest BCUT2D eigenvalue weighted by Crippen LogP contribution is -2.58. The lowest BCUT2D eigenvalue weighted by atomic mass is 9.55. The van der Waals surface area contributed by atoms with Crippen LogP contribution in [0.25, 0.3) is 0 Å². The van der Waals surface area contributed by atoms with Gasteiger partial charge in [-0.2, -0.15) is 0 Å². The molecule has 3 saturated heterocycles. The number of carboxylic acid groups (broad SMARTS) is 2. The van der Waals surface area contributed by atoms with Gasteiger partial charge in [-0.05, 0) is 50.7 Å². The third-order valence-electron chi connectivity index (χ3n) is 9.53. The number of piperazine rings is 1. The first-order valence-corrected chi connectivity index (χ1v) is 13.6. The quantitative estimate of drug-likeness (QED) is 0.340. The van der Waals surface area contributed by atoms with E-state index in [1.807, 2.05) is 12.1 Å². The van der Waals surface area contributed by atoms with E-state index >= 15 is 0 Å². The fourth-order valence-corrected chi connectivity index (χ4v) is 7.60. The molecule has 0 radical (unpaired) electrons. The number of rotatable bonds is 4. The molecule has 1 unspecified atom stereocenters.